The highest BCUT2D eigenvalue weighted by molar-refractivity contribution is 6.09. The van der Waals surface area contributed by atoms with Crippen LogP contribution in [0.1, 0.15) is 16.7 Å². The molecular weight excluding hydrogens is 320 g/mol. The summed E-state index contributed by atoms with van der Waals surface area (Å²) >= 11 is 0. The molecule has 0 atom stereocenters. The highest BCUT2D eigenvalue weighted by Crippen LogP contribution is 2.37. The van der Waals surface area contributed by atoms with Crippen LogP contribution in [-0.2, 0) is 6.42 Å². The molecule has 5 rings (SSSR count). The third-order valence-corrected chi connectivity index (χ3v) is 5.29. The monoisotopic (exact) mass is 340 g/mol. The van der Waals surface area contributed by atoms with Gasteiger partial charge in [-0.1, -0.05) is 36.4 Å². The van der Waals surface area contributed by atoms with Crippen LogP contribution in [0, 0.1) is 0 Å². The summed E-state index contributed by atoms with van der Waals surface area (Å²) in [5, 5.41) is 5.88. The second kappa shape index (κ2) is 5.63. The molecule has 1 aliphatic carbocycles. The second-order valence-electron chi connectivity index (χ2n) is 6.82. The maximum atomic E-state index is 6.35. The number of nitrogens with two attached hydrogens (primary N) is 1. The Balaban J connectivity index is 1.53. The van der Waals surface area contributed by atoms with Crippen LogP contribution < -0.4 is 16.0 Å². The number of nitrogens with one attached hydrogen (secondary N) is 1. The maximum Gasteiger partial charge on any atom is 0.200 e. The lowest BCUT2D eigenvalue weighted by Crippen LogP contribution is -2.33. The zero-order valence-corrected chi connectivity index (χ0v) is 14.7. The molecular formula is C22H20N4. The fourth-order valence-electron chi connectivity index (χ4n) is 3.83. The van der Waals surface area contributed by atoms with E-state index in [-0.39, 0.29) is 0 Å². The predicted molar refractivity (Wildman–Crippen MR) is 111 cm³/mol. The summed E-state index contributed by atoms with van der Waals surface area (Å²) in [6.45, 7) is 1.00. The molecule has 0 saturated heterocycles. The van der Waals surface area contributed by atoms with Crippen molar-refractivity contribution in [3.05, 3.63) is 65.2 Å². The summed E-state index contributed by atoms with van der Waals surface area (Å²) in [7, 11) is 1.96. The van der Waals surface area contributed by atoms with Crippen molar-refractivity contribution in [1.29, 1.82) is 0 Å². The van der Waals surface area contributed by atoms with E-state index in [4.69, 9.17) is 10.7 Å². The van der Waals surface area contributed by atoms with Gasteiger partial charge in [-0.05, 0) is 52.6 Å². The molecule has 3 N–H and O–H groups in total. The topological polar surface area (TPSA) is 53.6 Å². The Morgan fingerprint density at radius 1 is 1.12 bits per heavy atom. The second-order valence-corrected chi connectivity index (χ2v) is 6.82. The standard InChI is InChI=1S/C22H20N4/c1-26(17-7-10-19-16(13-17)11-12-24-19)22(23)25-20-9-6-15-4-2-3-14-5-8-18(20)21(14)15/h2-10,13,24H,11-12H2,1H3,(H2,23,25). The van der Waals surface area contributed by atoms with E-state index < -0.39 is 0 Å². The van der Waals surface area contributed by atoms with Gasteiger partial charge in [0.25, 0.3) is 0 Å². The number of hydrogen-bond acceptors (Lipinski definition) is 2. The molecule has 0 radical (unpaired) electrons. The molecule has 0 saturated carbocycles. The van der Waals surface area contributed by atoms with Crippen molar-refractivity contribution in [2.24, 2.45) is 10.7 Å². The van der Waals surface area contributed by atoms with Gasteiger partial charge in [0.05, 0.1) is 5.69 Å². The van der Waals surface area contributed by atoms with Crippen LogP contribution in [0.5, 0.6) is 0 Å². The molecule has 0 bridgehead atoms. The minimum Gasteiger partial charge on any atom is -0.384 e. The number of fused-ring (bicyclic) bond motifs is 1. The fourth-order valence-corrected chi connectivity index (χ4v) is 3.83. The van der Waals surface area contributed by atoms with E-state index in [9.17, 15) is 0 Å². The number of hydrogen-bond donors (Lipinski definition) is 2. The molecule has 2 aliphatic rings. The first-order valence-electron chi connectivity index (χ1n) is 8.89. The summed E-state index contributed by atoms with van der Waals surface area (Å²) in [6.07, 6.45) is 5.32. The molecule has 0 fully saturated rings. The highest BCUT2D eigenvalue weighted by Gasteiger charge is 2.15. The van der Waals surface area contributed by atoms with E-state index in [1.165, 1.54) is 27.6 Å². The van der Waals surface area contributed by atoms with Crippen LogP contribution in [-0.4, -0.2) is 19.6 Å². The van der Waals surface area contributed by atoms with E-state index in [1.807, 2.05) is 18.0 Å². The van der Waals surface area contributed by atoms with Crippen molar-refractivity contribution in [2.75, 3.05) is 23.8 Å². The van der Waals surface area contributed by atoms with Crippen LogP contribution in [0.15, 0.2) is 53.5 Å². The van der Waals surface area contributed by atoms with Gasteiger partial charge in [0.1, 0.15) is 0 Å². The molecule has 26 heavy (non-hydrogen) atoms. The Labute approximate surface area is 152 Å². The molecule has 0 aromatic heterocycles. The minimum atomic E-state index is 0.490. The first-order valence-corrected chi connectivity index (χ1v) is 8.89. The molecule has 4 nitrogen and oxygen atoms in total. The van der Waals surface area contributed by atoms with Gasteiger partial charge in [0.2, 0.25) is 5.96 Å². The van der Waals surface area contributed by atoms with E-state index in [1.54, 1.807) is 0 Å². The van der Waals surface area contributed by atoms with Crippen LogP contribution in [0.25, 0.3) is 22.9 Å². The smallest absolute Gasteiger partial charge is 0.200 e. The highest BCUT2D eigenvalue weighted by atomic mass is 15.2. The lowest BCUT2D eigenvalue weighted by atomic mass is 10.0. The summed E-state index contributed by atoms with van der Waals surface area (Å²) in [5.41, 5.74) is 13.3. The first kappa shape index (κ1) is 15.0. The van der Waals surface area contributed by atoms with Crippen LogP contribution >= 0.6 is 0 Å². The van der Waals surface area contributed by atoms with Gasteiger partial charge in [-0.3, -0.25) is 0 Å². The lowest BCUT2D eigenvalue weighted by molar-refractivity contribution is 1.10. The molecule has 128 valence electrons. The van der Waals surface area contributed by atoms with E-state index in [0.717, 1.165) is 29.9 Å². The third kappa shape index (κ3) is 2.26. The number of benzene rings is 3. The predicted octanol–water partition coefficient (Wildman–Crippen LogP) is 4.37. The number of aliphatic imine (C=N–C) groups is 1. The zero-order valence-electron chi connectivity index (χ0n) is 14.7. The molecule has 0 unspecified atom stereocenters. The van der Waals surface area contributed by atoms with Gasteiger partial charge < -0.3 is 16.0 Å². The van der Waals surface area contributed by atoms with Gasteiger partial charge in [0.15, 0.2) is 0 Å². The number of rotatable bonds is 2. The van der Waals surface area contributed by atoms with Crippen LogP contribution in [0.2, 0.25) is 0 Å². The average molecular weight is 340 g/mol. The molecule has 0 spiro atoms. The Morgan fingerprint density at radius 3 is 2.96 bits per heavy atom. The summed E-state index contributed by atoms with van der Waals surface area (Å²) < 4.78 is 0. The van der Waals surface area contributed by atoms with E-state index in [0.29, 0.717) is 5.96 Å². The van der Waals surface area contributed by atoms with Crippen molar-refractivity contribution in [2.45, 2.75) is 6.42 Å². The Morgan fingerprint density at radius 2 is 2.04 bits per heavy atom. The van der Waals surface area contributed by atoms with Gasteiger partial charge in [-0.15, -0.1) is 0 Å². The van der Waals surface area contributed by atoms with Crippen LogP contribution in [0.4, 0.5) is 17.1 Å². The van der Waals surface area contributed by atoms with Crippen molar-refractivity contribution in [3.63, 3.8) is 0 Å². The van der Waals surface area contributed by atoms with Crippen molar-refractivity contribution < 1.29 is 0 Å². The van der Waals surface area contributed by atoms with Crippen molar-refractivity contribution >= 4 is 45.9 Å². The van der Waals surface area contributed by atoms with E-state index in [2.05, 4.69) is 59.9 Å². The number of nitrogens with zero attached hydrogens (tertiary/aromatic N) is 2. The zero-order chi connectivity index (χ0) is 17.7. The normalized spacial score (nSPS) is 14.6. The Hall–Kier alpha value is -3.27. The fraction of sp³-hybridized carbons (Fsp3) is 0.136. The molecule has 3 aromatic rings. The van der Waals surface area contributed by atoms with Crippen LogP contribution in [0.3, 0.4) is 0 Å². The average Bonchev–Trinajstić information content (AvgIpc) is 3.31. The Bertz CT molecular complexity index is 1090. The quantitative estimate of drug-likeness (QED) is 0.421. The number of anilines is 2. The molecule has 1 heterocycles. The maximum absolute atomic E-state index is 6.35. The minimum absolute atomic E-state index is 0.490. The third-order valence-electron chi connectivity index (χ3n) is 5.29. The van der Waals surface area contributed by atoms with Gasteiger partial charge in [-0.25, -0.2) is 4.99 Å². The first-order chi connectivity index (χ1) is 12.7. The van der Waals surface area contributed by atoms with E-state index >= 15 is 0 Å². The van der Waals surface area contributed by atoms with Crippen molar-refractivity contribution in [1.82, 2.24) is 0 Å². The Kier molecular flexibility index (Phi) is 3.25. The van der Waals surface area contributed by atoms with Gasteiger partial charge in [0, 0.05) is 30.5 Å². The van der Waals surface area contributed by atoms with Crippen molar-refractivity contribution in [3.8, 4) is 0 Å². The molecule has 3 aromatic carbocycles. The van der Waals surface area contributed by atoms with Gasteiger partial charge in [-0.2, -0.15) is 0 Å². The number of guanidine groups is 1. The molecule has 0 amide bonds. The molecule has 1 aliphatic heterocycles. The summed E-state index contributed by atoms with van der Waals surface area (Å²) in [4.78, 5) is 6.68. The SMILES string of the molecule is CN(C(N)=Nc1ccc2cccc3c2c1C=C3)c1ccc2c(c1)CCN2. The largest absolute Gasteiger partial charge is 0.384 e. The molecule has 4 heteroatoms. The summed E-state index contributed by atoms with van der Waals surface area (Å²) in [6, 6.07) is 16.9. The summed E-state index contributed by atoms with van der Waals surface area (Å²) in [5.74, 6) is 0.490. The van der Waals surface area contributed by atoms with Gasteiger partial charge >= 0.3 is 0 Å². The lowest BCUT2D eigenvalue weighted by Gasteiger charge is -2.19.